The van der Waals surface area contributed by atoms with Gasteiger partial charge in [-0.3, -0.25) is 0 Å². The van der Waals surface area contributed by atoms with Crippen LogP contribution in [0.4, 0.5) is 5.82 Å². The molecule has 0 radical (unpaired) electrons. The van der Waals surface area contributed by atoms with Gasteiger partial charge in [0.1, 0.15) is 0 Å². The van der Waals surface area contributed by atoms with Crippen LogP contribution in [0, 0.1) is 0 Å². The van der Waals surface area contributed by atoms with Crippen molar-refractivity contribution in [2.75, 3.05) is 18.0 Å². The van der Waals surface area contributed by atoms with Gasteiger partial charge in [-0.25, -0.2) is 8.42 Å². The van der Waals surface area contributed by atoms with Crippen LogP contribution < -0.4 is 4.90 Å². The normalized spacial score (nSPS) is 15.6. The Hall–Kier alpha value is -2.34. The molecule has 0 aliphatic carbocycles. The van der Waals surface area contributed by atoms with Crippen molar-refractivity contribution in [2.45, 2.75) is 25.0 Å². The lowest BCUT2D eigenvalue weighted by Gasteiger charge is -2.26. The van der Waals surface area contributed by atoms with Crippen LogP contribution in [-0.2, 0) is 15.8 Å². The fourth-order valence-corrected chi connectivity index (χ4v) is 4.82. The topological polar surface area (TPSA) is 55.2 Å². The molecule has 2 heterocycles. The fraction of sp³-hybridized carbons (Fsp3) is 0.316. The Labute approximate surface area is 147 Å². The molecule has 0 saturated carbocycles. The highest BCUT2D eigenvalue weighted by Crippen LogP contribution is 2.29. The summed E-state index contributed by atoms with van der Waals surface area (Å²) in [5.41, 5.74) is 1.42. The second kappa shape index (κ2) is 6.52. The molecule has 0 atom stereocenters. The molecule has 0 N–H and O–H groups in total. The standard InChI is InChI=1S/C19H21N3O2S/c23-25(24,15-16-9-3-1-4-10-16)22-18-12-6-5-11-17(18)19(20-22)21-13-7-2-8-14-21/h1,3-6,9-12H,2,7-8,13-15H2. The molecule has 0 unspecified atom stereocenters. The summed E-state index contributed by atoms with van der Waals surface area (Å²) in [6, 6.07) is 16.8. The van der Waals surface area contributed by atoms with Gasteiger partial charge in [-0.05, 0) is 37.0 Å². The number of anilines is 1. The van der Waals surface area contributed by atoms with Gasteiger partial charge in [0.15, 0.2) is 5.82 Å². The molecular weight excluding hydrogens is 334 g/mol. The summed E-state index contributed by atoms with van der Waals surface area (Å²) in [6.45, 7) is 1.86. The minimum absolute atomic E-state index is 0.0566. The lowest BCUT2D eigenvalue weighted by molar-refractivity contribution is 0.567. The van der Waals surface area contributed by atoms with E-state index in [1.54, 1.807) is 0 Å². The number of piperidine rings is 1. The first kappa shape index (κ1) is 16.1. The quantitative estimate of drug-likeness (QED) is 0.720. The number of rotatable bonds is 4. The average Bonchev–Trinajstić information content (AvgIpc) is 3.04. The lowest BCUT2D eigenvalue weighted by Crippen LogP contribution is -2.30. The van der Waals surface area contributed by atoms with Gasteiger partial charge in [0.25, 0.3) is 10.0 Å². The van der Waals surface area contributed by atoms with E-state index in [9.17, 15) is 8.42 Å². The second-order valence-electron chi connectivity index (χ2n) is 6.47. The van der Waals surface area contributed by atoms with E-state index in [2.05, 4.69) is 10.00 Å². The molecule has 1 saturated heterocycles. The molecule has 3 aromatic rings. The maximum Gasteiger partial charge on any atom is 0.258 e. The van der Waals surface area contributed by atoms with Crippen LogP contribution in [0.15, 0.2) is 54.6 Å². The van der Waals surface area contributed by atoms with Gasteiger partial charge >= 0.3 is 0 Å². The Morgan fingerprint density at radius 2 is 1.56 bits per heavy atom. The number of aromatic nitrogens is 2. The largest absolute Gasteiger partial charge is 0.355 e. The molecule has 25 heavy (non-hydrogen) atoms. The molecular formula is C19H21N3O2S. The third-order valence-corrected chi connectivity index (χ3v) is 6.15. The van der Waals surface area contributed by atoms with Gasteiger partial charge in [0.05, 0.1) is 11.3 Å². The Morgan fingerprint density at radius 3 is 2.32 bits per heavy atom. The summed E-state index contributed by atoms with van der Waals surface area (Å²) < 4.78 is 27.2. The van der Waals surface area contributed by atoms with Crippen molar-refractivity contribution < 1.29 is 8.42 Å². The highest BCUT2D eigenvalue weighted by atomic mass is 32.2. The zero-order valence-corrected chi connectivity index (χ0v) is 14.8. The average molecular weight is 355 g/mol. The number of fused-ring (bicyclic) bond motifs is 1. The van der Waals surface area contributed by atoms with E-state index in [1.165, 1.54) is 10.5 Å². The molecule has 1 fully saturated rings. The van der Waals surface area contributed by atoms with Crippen LogP contribution in [0.5, 0.6) is 0 Å². The van der Waals surface area contributed by atoms with E-state index >= 15 is 0 Å². The maximum atomic E-state index is 13.0. The van der Waals surface area contributed by atoms with E-state index in [0.717, 1.165) is 42.7 Å². The zero-order chi connectivity index (χ0) is 17.3. The van der Waals surface area contributed by atoms with Crippen LogP contribution in [0.3, 0.4) is 0 Å². The van der Waals surface area contributed by atoms with Gasteiger partial charge in [-0.2, -0.15) is 4.09 Å². The van der Waals surface area contributed by atoms with Crippen molar-refractivity contribution in [2.24, 2.45) is 0 Å². The minimum Gasteiger partial charge on any atom is -0.355 e. The van der Waals surface area contributed by atoms with Gasteiger partial charge < -0.3 is 4.90 Å². The number of nitrogens with zero attached hydrogens (tertiary/aromatic N) is 3. The van der Waals surface area contributed by atoms with Crippen molar-refractivity contribution in [3.8, 4) is 0 Å². The SMILES string of the molecule is O=S(=O)(Cc1ccccc1)n1nc(N2CCCCC2)c2ccccc21. The highest BCUT2D eigenvalue weighted by molar-refractivity contribution is 7.89. The van der Waals surface area contributed by atoms with Crippen molar-refractivity contribution in [3.05, 3.63) is 60.2 Å². The number of hydrogen-bond donors (Lipinski definition) is 0. The fourth-order valence-electron chi connectivity index (χ4n) is 3.42. The molecule has 0 bridgehead atoms. The first-order valence-corrected chi connectivity index (χ1v) is 10.3. The summed E-state index contributed by atoms with van der Waals surface area (Å²) in [5.74, 6) is 0.728. The molecule has 6 heteroatoms. The van der Waals surface area contributed by atoms with Crippen LogP contribution in [0.2, 0.25) is 0 Å². The predicted molar refractivity (Wildman–Crippen MR) is 100 cm³/mol. The summed E-state index contributed by atoms with van der Waals surface area (Å²) in [5, 5.41) is 5.44. The first-order valence-electron chi connectivity index (χ1n) is 8.65. The van der Waals surface area contributed by atoms with Crippen molar-refractivity contribution in [1.29, 1.82) is 0 Å². The van der Waals surface area contributed by atoms with E-state index in [1.807, 2.05) is 54.6 Å². The predicted octanol–water partition coefficient (Wildman–Crippen LogP) is 3.40. The number of para-hydroxylation sites is 1. The highest BCUT2D eigenvalue weighted by Gasteiger charge is 2.24. The van der Waals surface area contributed by atoms with Gasteiger partial charge in [0, 0.05) is 18.5 Å². The number of hydrogen-bond acceptors (Lipinski definition) is 4. The van der Waals surface area contributed by atoms with Gasteiger partial charge in [0.2, 0.25) is 0 Å². The zero-order valence-electron chi connectivity index (χ0n) is 14.0. The lowest BCUT2D eigenvalue weighted by atomic mass is 10.1. The molecule has 1 aliphatic rings. The molecule has 1 aromatic heterocycles. The summed E-state index contributed by atoms with van der Waals surface area (Å²) >= 11 is 0. The molecule has 130 valence electrons. The molecule has 0 spiro atoms. The Kier molecular flexibility index (Phi) is 4.21. The van der Waals surface area contributed by atoms with Gasteiger partial charge in [-0.15, -0.1) is 5.10 Å². The van der Waals surface area contributed by atoms with Crippen LogP contribution in [-0.4, -0.2) is 30.7 Å². The Balaban J connectivity index is 1.79. The van der Waals surface area contributed by atoms with E-state index in [4.69, 9.17) is 0 Å². The second-order valence-corrected chi connectivity index (χ2v) is 8.27. The van der Waals surface area contributed by atoms with Crippen molar-refractivity contribution in [3.63, 3.8) is 0 Å². The Morgan fingerprint density at radius 1 is 0.880 bits per heavy atom. The van der Waals surface area contributed by atoms with E-state index < -0.39 is 10.0 Å². The monoisotopic (exact) mass is 355 g/mol. The smallest absolute Gasteiger partial charge is 0.258 e. The van der Waals surface area contributed by atoms with Crippen LogP contribution >= 0.6 is 0 Å². The van der Waals surface area contributed by atoms with Gasteiger partial charge in [-0.1, -0.05) is 42.5 Å². The maximum absolute atomic E-state index is 13.0. The summed E-state index contributed by atoms with van der Waals surface area (Å²) in [7, 11) is -3.58. The number of benzene rings is 2. The van der Waals surface area contributed by atoms with E-state index in [0.29, 0.717) is 5.52 Å². The first-order chi connectivity index (χ1) is 12.1. The Bertz CT molecular complexity index is 974. The molecule has 4 rings (SSSR count). The summed E-state index contributed by atoms with van der Waals surface area (Å²) in [6.07, 6.45) is 3.47. The third-order valence-electron chi connectivity index (χ3n) is 4.65. The molecule has 2 aromatic carbocycles. The molecule has 5 nitrogen and oxygen atoms in total. The minimum atomic E-state index is -3.58. The summed E-state index contributed by atoms with van der Waals surface area (Å²) in [4.78, 5) is 2.21. The third kappa shape index (κ3) is 3.14. The molecule has 0 amide bonds. The van der Waals surface area contributed by atoms with E-state index in [-0.39, 0.29) is 5.75 Å². The van der Waals surface area contributed by atoms with Crippen LogP contribution in [0.1, 0.15) is 24.8 Å². The van der Waals surface area contributed by atoms with Crippen LogP contribution in [0.25, 0.3) is 10.9 Å². The van der Waals surface area contributed by atoms with Crippen molar-refractivity contribution in [1.82, 2.24) is 9.19 Å². The molecule has 1 aliphatic heterocycles. The van der Waals surface area contributed by atoms with Crippen molar-refractivity contribution >= 4 is 26.7 Å².